The van der Waals surface area contributed by atoms with Crippen LogP contribution in [0.1, 0.15) is 37.8 Å². The minimum atomic E-state index is 0.408. The van der Waals surface area contributed by atoms with Crippen molar-refractivity contribution in [1.29, 1.82) is 0 Å². The minimum absolute atomic E-state index is 0.408. The number of rotatable bonds is 6. The van der Waals surface area contributed by atoms with Gasteiger partial charge in [-0.15, -0.1) is 0 Å². The van der Waals surface area contributed by atoms with Crippen molar-refractivity contribution < 1.29 is 0 Å². The molecule has 2 rings (SSSR count). The van der Waals surface area contributed by atoms with Crippen LogP contribution in [0, 0.1) is 5.41 Å². The molecule has 0 fully saturated rings. The molecule has 0 nitrogen and oxygen atoms in total. The van der Waals surface area contributed by atoms with Crippen molar-refractivity contribution in [2.45, 2.75) is 39.5 Å². The van der Waals surface area contributed by atoms with Crippen LogP contribution in [0.15, 0.2) is 60.7 Å². The maximum Gasteiger partial charge on any atom is -0.0274 e. The van der Waals surface area contributed by atoms with E-state index in [1.807, 2.05) is 0 Å². The zero-order chi connectivity index (χ0) is 13.6. The van der Waals surface area contributed by atoms with Gasteiger partial charge in [0.05, 0.1) is 0 Å². The number of benzene rings is 2. The first kappa shape index (κ1) is 13.9. The molecule has 0 bridgehead atoms. The molecule has 0 amide bonds. The second-order valence-corrected chi connectivity index (χ2v) is 6.14. The molecule has 0 N–H and O–H groups in total. The van der Waals surface area contributed by atoms with Crippen molar-refractivity contribution in [3.63, 3.8) is 0 Å². The average Bonchev–Trinajstić information content (AvgIpc) is 2.46. The Morgan fingerprint density at radius 2 is 1.00 bits per heavy atom. The van der Waals surface area contributed by atoms with E-state index in [0.29, 0.717) is 5.41 Å². The summed E-state index contributed by atoms with van der Waals surface area (Å²) >= 11 is 0. The summed E-state index contributed by atoms with van der Waals surface area (Å²) in [6.45, 7) is 4.78. The Balaban J connectivity index is 1.82. The van der Waals surface area contributed by atoms with Crippen LogP contribution in [-0.2, 0) is 12.8 Å². The van der Waals surface area contributed by atoms with Crippen LogP contribution in [0.4, 0.5) is 0 Å². The topological polar surface area (TPSA) is 0 Å². The molecule has 0 aromatic heterocycles. The van der Waals surface area contributed by atoms with Crippen LogP contribution in [0.2, 0.25) is 0 Å². The molecule has 0 radical (unpaired) electrons. The van der Waals surface area contributed by atoms with Crippen LogP contribution < -0.4 is 0 Å². The lowest BCUT2D eigenvalue weighted by molar-refractivity contribution is 0.308. The fraction of sp³-hybridized carbons (Fsp3) is 0.368. The van der Waals surface area contributed by atoms with E-state index < -0.39 is 0 Å². The van der Waals surface area contributed by atoms with E-state index in [1.54, 1.807) is 0 Å². The molecule has 0 heterocycles. The lowest BCUT2D eigenvalue weighted by atomic mass is 9.81. The zero-order valence-corrected chi connectivity index (χ0v) is 12.1. The summed E-state index contributed by atoms with van der Waals surface area (Å²) in [6, 6.07) is 21.6. The van der Waals surface area contributed by atoms with Crippen molar-refractivity contribution in [2.24, 2.45) is 5.41 Å². The van der Waals surface area contributed by atoms with Gasteiger partial charge in [-0.1, -0.05) is 74.5 Å². The standard InChI is InChI=1S/C19H24/c1-19(2,15-13-17-9-5-3-6-10-17)16-14-18-11-7-4-8-12-18/h3-12H,13-16H2,1-2H3. The molecule has 19 heavy (non-hydrogen) atoms. The summed E-state index contributed by atoms with van der Waals surface area (Å²) in [5.74, 6) is 0. The van der Waals surface area contributed by atoms with Crippen molar-refractivity contribution >= 4 is 0 Å². The van der Waals surface area contributed by atoms with Gasteiger partial charge in [0.15, 0.2) is 0 Å². The molecule has 2 aromatic carbocycles. The Morgan fingerprint density at radius 1 is 0.632 bits per heavy atom. The van der Waals surface area contributed by atoms with E-state index in [4.69, 9.17) is 0 Å². The molecule has 0 aliphatic rings. The number of hydrogen-bond acceptors (Lipinski definition) is 0. The second kappa shape index (κ2) is 6.56. The van der Waals surface area contributed by atoms with Crippen LogP contribution in [-0.4, -0.2) is 0 Å². The van der Waals surface area contributed by atoms with Crippen LogP contribution in [0.25, 0.3) is 0 Å². The third-order valence-electron chi connectivity index (χ3n) is 3.87. The third kappa shape index (κ3) is 4.90. The van der Waals surface area contributed by atoms with Crippen LogP contribution in [0.5, 0.6) is 0 Å². The molecule has 0 heteroatoms. The summed E-state index contributed by atoms with van der Waals surface area (Å²) in [4.78, 5) is 0. The first-order valence-electron chi connectivity index (χ1n) is 7.24. The van der Waals surface area contributed by atoms with E-state index in [9.17, 15) is 0 Å². The highest BCUT2D eigenvalue weighted by atomic mass is 14.2. The molecule has 0 aliphatic heterocycles. The normalized spacial score (nSPS) is 11.5. The van der Waals surface area contributed by atoms with Gasteiger partial charge >= 0.3 is 0 Å². The van der Waals surface area contributed by atoms with E-state index in [2.05, 4.69) is 74.5 Å². The SMILES string of the molecule is CC(C)(CCc1ccccc1)CCc1ccccc1. The van der Waals surface area contributed by atoms with E-state index in [-0.39, 0.29) is 0 Å². The largest absolute Gasteiger partial charge is 0.0622 e. The molecule has 100 valence electrons. The Kier molecular flexibility index (Phi) is 4.79. The van der Waals surface area contributed by atoms with Gasteiger partial charge < -0.3 is 0 Å². The van der Waals surface area contributed by atoms with E-state index >= 15 is 0 Å². The molecule has 0 unspecified atom stereocenters. The van der Waals surface area contributed by atoms with Gasteiger partial charge in [0, 0.05) is 0 Å². The van der Waals surface area contributed by atoms with Crippen molar-refractivity contribution in [3.8, 4) is 0 Å². The Labute approximate surface area is 117 Å². The van der Waals surface area contributed by atoms with Gasteiger partial charge in [-0.2, -0.15) is 0 Å². The first-order valence-corrected chi connectivity index (χ1v) is 7.24. The lowest BCUT2D eigenvalue weighted by Crippen LogP contribution is -2.13. The first-order chi connectivity index (χ1) is 9.16. The Hall–Kier alpha value is -1.56. The molecular formula is C19H24. The molecule has 0 saturated carbocycles. The highest BCUT2D eigenvalue weighted by Crippen LogP contribution is 2.28. The maximum absolute atomic E-state index is 2.39. The fourth-order valence-corrected chi connectivity index (χ4v) is 2.38. The highest BCUT2D eigenvalue weighted by molar-refractivity contribution is 5.16. The maximum atomic E-state index is 2.39. The van der Waals surface area contributed by atoms with Crippen molar-refractivity contribution in [3.05, 3.63) is 71.8 Å². The zero-order valence-electron chi connectivity index (χ0n) is 12.1. The molecular weight excluding hydrogens is 228 g/mol. The summed E-state index contributed by atoms with van der Waals surface area (Å²) in [6.07, 6.45) is 4.87. The number of hydrogen-bond donors (Lipinski definition) is 0. The average molecular weight is 252 g/mol. The minimum Gasteiger partial charge on any atom is -0.0622 e. The van der Waals surface area contributed by atoms with E-state index in [1.165, 1.54) is 36.8 Å². The molecule has 0 aliphatic carbocycles. The van der Waals surface area contributed by atoms with Gasteiger partial charge in [0.1, 0.15) is 0 Å². The Bertz CT molecular complexity index is 422. The second-order valence-electron chi connectivity index (χ2n) is 6.14. The van der Waals surface area contributed by atoms with Gasteiger partial charge in [0.2, 0.25) is 0 Å². The Morgan fingerprint density at radius 3 is 1.37 bits per heavy atom. The molecule has 2 aromatic rings. The molecule has 0 spiro atoms. The smallest absolute Gasteiger partial charge is 0.0274 e. The highest BCUT2D eigenvalue weighted by Gasteiger charge is 2.17. The molecule has 0 saturated heterocycles. The fourth-order valence-electron chi connectivity index (χ4n) is 2.38. The van der Waals surface area contributed by atoms with Gasteiger partial charge in [0.25, 0.3) is 0 Å². The van der Waals surface area contributed by atoms with Gasteiger partial charge in [-0.3, -0.25) is 0 Å². The monoisotopic (exact) mass is 252 g/mol. The van der Waals surface area contributed by atoms with E-state index in [0.717, 1.165) is 0 Å². The number of aryl methyl sites for hydroxylation is 2. The lowest BCUT2D eigenvalue weighted by Gasteiger charge is -2.24. The van der Waals surface area contributed by atoms with Crippen molar-refractivity contribution in [2.75, 3.05) is 0 Å². The predicted molar refractivity (Wildman–Crippen MR) is 83.3 cm³/mol. The van der Waals surface area contributed by atoms with Crippen LogP contribution >= 0.6 is 0 Å². The van der Waals surface area contributed by atoms with Gasteiger partial charge in [-0.25, -0.2) is 0 Å². The summed E-state index contributed by atoms with van der Waals surface area (Å²) in [7, 11) is 0. The quantitative estimate of drug-likeness (QED) is 0.656. The summed E-state index contributed by atoms with van der Waals surface area (Å²) in [5.41, 5.74) is 3.32. The summed E-state index contributed by atoms with van der Waals surface area (Å²) < 4.78 is 0. The predicted octanol–water partition coefficient (Wildman–Crippen LogP) is 5.28. The summed E-state index contributed by atoms with van der Waals surface area (Å²) in [5, 5.41) is 0. The van der Waals surface area contributed by atoms with Gasteiger partial charge in [-0.05, 0) is 42.2 Å². The molecule has 0 atom stereocenters. The van der Waals surface area contributed by atoms with Crippen LogP contribution in [0.3, 0.4) is 0 Å². The van der Waals surface area contributed by atoms with Crippen molar-refractivity contribution in [1.82, 2.24) is 0 Å². The third-order valence-corrected chi connectivity index (χ3v) is 3.87.